The van der Waals surface area contributed by atoms with Crippen molar-refractivity contribution >= 4 is 5.97 Å². The molecule has 0 atom stereocenters. The van der Waals surface area contributed by atoms with E-state index in [1.165, 1.54) is 12.8 Å². The lowest BCUT2D eigenvalue weighted by Crippen LogP contribution is -1.93. The smallest absolute Gasteiger partial charge is 0.303 e. The van der Waals surface area contributed by atoms with Crippen molar-refractivity contribution in [1.82, 2.24) is 0 Å². The van der Waals surface area contributed by atoms with Gasteiger partial charge in [0.1, 0.15) is 0 Å². The third-order valence-corrected chi connectivity index (χ3v) is 2.82. The van der Waals surface area contributed by atoms with Crippen molar-refractivity contribution in [2.75, 3.05) is 0 Å². The van der Waals surface area contributed by atoms with Crippen molar-refractivity contribution in [2.45, 2.75) is 58.3 Å². The Balaban J connectivity index is 3.35. The minimum atomic E-state index is -0.682. The summed E-state index contributed by atoms with van der Waals surface area (Å²) in [6, 6.07) is 0. The molecule has 0 aromatic rings. The van der Waals surface area contributed by atoms with Crippen LogP contribution in [0.15, 0.2) is 48.6 Å². The molecule has 0 radical (unpaired) electrons. The van der Waals surface area contributed by atoms with Gasteiger partial charge in [-0.25, -0.2) is 0 Å². The quantitative estimate of drug-likeness (QED) is 0.381. The van der Waals surface area contributed by atoms with Gasteiger partial charge in [-0.3, -0.25) is 4.79 Å². The molecule has 0 aromatic carbocycles. The van der Waals surface area contributed by atoms with E-state index in [-0.39, 0.29) is 0 Å². The average molecular weight is 276 g/mol. The minimum Gasteiger partial charge on any atom is -0.481 e. The van der Waals surface area contributed by atoms with Crippen LogP contribution in [0.5, 0.6) is 0 Å². The Morgan fingerprint density at radius 1 is 0.800 bits per heavy atom. The minimum absolute atomic E-state index is 0.311. The van der Waals surface area contributed by atoms with Crippen LogP contribution in [0.4, 0.5) is 0 Å². The molecule has 0 spiro atoms. The molecule has 20 heavy (non-hydrogen) atoms. The van der Waals surface area contributed by atoms with Gasteiger partial charge in [-0.2, -0.15) is 0 Å². The molecule has 0 unspecified atom stereocenters. The summed E-state index contributed by atoms with van der Waals surface area (Å²) in [5.74, 6) is -0.682. The molecule has 0 aliphatic heterocycles. The van der Waals surface area contributed by atoms with Crippen molar-refractivity contribution in [3.8, 4) is 0 Å². The molecule has 0 aliphatic rings. The second-order valence-electron chi connectivity index (χ2n) is 4.73. The number of rotatable bonds is 12. The molecule has 0 aliphatic carbocycles. The number of aliphatic carboxylic acids is 1. The number of hydrogen-bond acceptors (Lipinski definition) is 1. The lowest BCUT2D eigenvalue weighted by molar-refractivity contribution is -0.137. The number of unbranched alkanes of at least 4 members (excludes halogenated alkanes) is 5. The van der Waals surface area contributed by atoms with Gasteiger partial charge in [0.2, 0.25) is 0 Å². The van der Waals surface area contributed by atoms with E-state index >= 15 is 0 Å². The zero-order valence-electron chi connectivity index (χ0n) is 12.6. The predicted octanol–water partition coefficient (Wildman–Crippen LogP) is 5.44. The number of carbonyl (C=O) groups is 1. The van der Waals surface area contributed by atoms with E-state index in [1.807, 2.05) is 24.3 Å². The number of carboxylic acids is 1. The molecule has 0 fully saturated rings. The van der Waals surface area contributed by atoms with Crippen LogP contribution in [0, 0.1) is 0 Å². The average Bonchev–Trinajstić information content (AvgIpc) is 2.43. The topological polar surface area (TPSA) is 37.3 Å². The summed E-state index contributed by atoms with van der Waals surface area (Å²) in [5, 5.41) is 8.49. The third kappa shape index (κ3) is 16.4. The summed E-state index contributed by atoms with van der Waals surface area (Å²) < 4.78 is 0. The first-order valence-corrected chi connectivity index (χ1v) is 7.64. The fourth-order valence-corrected chi connectivity index (χ4v) is 1.71. The predicted molar refractivity (Wildman–Crippen MR) is 86.8 cm³/mol. The summed E-state index contributed by atoms with van der Waals surface area (Å²) in [6.45, 7) is 2.12. The molecule has 1 N–H and O–H groups in total. The van der Waals surface area contributed by atoms with Gasteiger partial charge in [0.25, 0.3) is 0 Å². The maximum Gasteiger partial charge on any atom is 0.303 e. The summed E-state index contributed by atoms with van der Waals surface area (Å²) >= 11 is 0. The van der Waals surface area contributed by atoms with Crippen LogP contribution in [0.25, 0.3) is 0 Å². The first-order valence-electron chi connectivity index (χ1n) is 7.64. The molecule has 0 heterocycles. The Morgan fingerprint density at radius 3 is 2.00 bits per heavy atom. The second-order valence-corrected chi connectivity index (χ2v) is 4.73. The van der Waals surface area contributed by atoms with Crippen LogP contribution in [-0.4, -0.2) is 11.1 Å². The molecular weight excluding hydrogens is 248 g/mol. The highest BCUT2D eigenvalue weighted by atomic mass is 16.4. The van der Waals surface area contributed by atoms with Crippen LogP contribution in [-0.2, 0) is 4.79 Å². The molecule has 0 amide bonds. The SMILES string of the molecule is CCC=CC=C/C=C/C=C/CCCCCCCC(=O)O. The molecule has 0 saturated carbocycles. The zero-order chi connectivity index (χ0) is 14.9. The van der Waals surface area contributed by atoms with Gasteiger partial charge in [-0.05, 0) is 25.7 Å². The summed E-state index contributed by atoms with van der Waals surface area (Å²) in [7, 11) is 0. The number of carboxylic acid groups (broad SMARTS) is 1. The Hall–Kier alpha value is -1.57. The maximum absolute atomic E-state index is 10.3. The lowest BCUT2D eigenvalue weighted by atomic mass is 10.1. The van der Waals surface area contributed by atoms with E-state index < -0.39 is 5.97 Å². The fourth-order valence-electron chi connectivity index (χ4n) is 1.71. The van der Waals surface area contributed by atoms with Gasteiger partial charge in [-0.15, -0.1) is 0 Å². The van der Waals surface area contributed by atoms with Crippen LogP contribution >= 0.6 is 0 Å². The standard InChI is InChI=1S/C18H28O2/c1-2-3-4-5-6-7-8-9-10-11-12-13-14-15-16-17-18(19)20/h3-10H,2,11-17H2,1H3,(H,19,20)/b4-3?,6-5?,8-7+,10-9+. The highest BCUT2D eigenvalue weighted by Gasteiger charge is 1.95. The fraction of sp³-hybridized carbons (Fsp3) is 0.500. The Labute approximate surface area is 123 Å². The van der Waals surface area contributed by atoms with Crippen molar-refractivity contribution in [3.63, 3.8) is 0 Å². The maximum atomic E-state index is 10.3. The largest absolute Gasteiger partial charge is 0.481 e. The van der Waals surface area contributed by atoms with E-state index in [4.69, 9.17) is 5.11 Å². The highest BCUT2D eigenvalue weighted by molar-refractivity contribution is 5.66. The van der Waals surface area contributed by atoms with Crippen molar-refractivity contribution in [1.29, 1.82) is 0 Å². The Morgan fingerprint density at radius 2 is 1.35 bits per heavy atom. The first-order chi connectivity index (χ1) is 9.77. The van der Waals surface area contributed by atoms with E-state index in [0.29, 0.717) is 6.42 Å². The molecule has 0 saturated heterocycles. The number of hydrogen-bond donors (Lipinski definition) is 1. The van der Waals surface area contributed by atoms with E-state index in [2.05, 4.69) is 31.2 Å². The normalized spacial score (nSPS) is 12.4. The third-order valence-electron chi connectivity index (χ3n) is 2.82. The molecule has 0 rings (SSSR count). The van der Waals surface area contributed by atoms with E-state index in [0.717, 1.165) is 32.1 Å². The van der Waals surface area contributed by atoms with Gasteiger partial charge in [0.15, 0.2) is 0 Å². The second kappa shape index (κ2) is 15.5. The Bertz CT molecular complexity index is 335. The lowest BCUT2D eigenvalue weighted by Gasteiger charge is -1.97. The van der Waals surface area contributed by atoms with Gasteiger partial charge in [-0.1, -0.05) is 74.8 Å². The van der Waals surface area contributed by atoms with Gasteiger partial charge in [0.05, 0.1) is 0 Å². The van der Waals surface area contributed by atoms with Gasteiger partial charge in [0, 0.05) is 6.42 Å². The molecule has 2 nitrogen and oxygen atoms in total. The van der Waals surface area contributed by atoms with Crippen LogP contribution < -0.4 is 0 Å². The van der Waals surface area contributed by atoms with Crippen LogP contribution in [0.1, 0.15) is 58.3 Å². The molecule has 112 valence electrons. The van der Waals surface area contributed by atoms with Gasteiger partial charge >= 0.3 is 5.97 Å². The van der Waals surface area contributed by atoms with Crippen molar-refractivity contribution < 1.29 is 9.90 Å². The highest BCUT2D eigenvalue weighted by Crippen LogP contribution is 2.07. The summed E-state index contributed by atoms with van der Waals surface area (Å²) in [4.78, 5) is 10.3. The molecule has 0 bridgehead atoms. The Kier molecular flexibility index (Phi) is 14.3. The summed E-state index contributed by atoms with van der Waals surface area (Å²) in [6.07, 6.45) is 24.4. The van der Waals surface area contributed by atoms with Crippen LogP contribution in [0.3, 0.4) is 0 Å². The summed E-state index contributed by atoms with van der Waals surface area (Å²) in [5.41, 5.74) is 0. The molecule has 2 heteroatoms. The van der Waals surface area contributed by atoms with Crippen molar-refractivity contribution in [3.05, 3.63) is 48.6 Å². The van der Waals surface area contributed by atoms with E-state index in [9.17, 15) is 4.79 Å². The zero-order valence-corrected chi connectivity index (χ0v) is 12.6. The first kappa shape index (κ1) is 18.4. The molecule has 0 aromatic heterocycles. The van der Waals surface area contributed by atoms with Crippen molar-refractivity contribution in [2.24, 2.45) is 0 Å². The van der Waals surface area contributed by atoms with Crippen LogP contribution in [0.2, 0.25) is 0 Å². The number of allylic oxidation sites excluding steroid dienone is 8. The monoisotopic (exact) mass is 276 g/mol. The molecular formula is C18H28O2. The van der Waals surface area contributed by atoms with Gasteiger partial charge < -0.3 is 5.11 Å². The van der Waals surface area contributed by atoms with E-state index in [1.54, 1.807) is 0 Å².